The number of pyridine rings is 1. The first kappa shape index (κ1) is 10.3. The van der Waals surface area contributed by atoms with E-state index in [0.29, 0.717) is 10.9 Å². The monoisotopic (exact) mass is 219 g/mol. The minimum Gasteiger partial charge on any atom is -0.480 e. The quantitative estimate of drug-likeness (QED) is 0.768. The summed E-state index contributed by atoms with van der Waals surface area (Å²) in [6.45, 7) is 1.12. The van der Waals surface area contributed by atoms with Crippen LogP contribution >= 0.6 is 0 Å². The summed E-state index contributed by atoms with van der Waals surface area (Å²) in [6.07, 6.45) is 3.05. The molecule has 2 aromatic rings. The third kappa shape index (κ3) is 1.65. The largest absolute Gasteiger partial charge is 0.480 e. The second kappa shape index (κ2) is 3.73. The van der Waals surface area contributed by atoms with Crippen LogP contribution < -0.4 is 0 Å². The van der Waals surface area contributed by atoms with Gasteiger partial charge in [-0.15, -0.1) is 0 Å². The number of aliphatic carboxylic acids is 1. The van der Waals surface area contributed by atoms with Crippen LogP contribution in [0.15, 0.2) is 18.5 Å². The van der Waals surface area contributed by atoms with Crippen molar-refractivity contribution in [3.8, 4) is 0 Å². The fourth-order valence-electron chi connectivity index (χ4n) is 1.53. The molecule has 6 nitrogen and oxygen atoms in total. The summed E-state index contributed by atoms with van der Waals surface area (Å²) in [7, 11) is 0. The molecule has 0 aromatic carbocycles. The van der Waals surface area contributed by atoms with Gasteiger partial charge in [0.05, 0.1) is 5.52 Å². The maximum atomic E-state index is 11.3. The molecule has 0 saturated carbocycles. The summed E-state index contributed by atoms with van der Waals surface area (Å²) < 4.78 is 1.29. The summed E-state index contributed by atoms with van der Waals surface area (Å²) in [6, 6.07) is 1.64. The van der Waals surface area contributed by atoms with Crippen LogP contribution in [0.4, 0.5) is 0 Å². The number of hydrogen-bond donors (Lipinski definition) is 1. The molecule has 0 aliphatic heterocycles. The van der Waals surface area contributed by atoms with E-state index in [0.717, 1.165) is 0 Å². The molecule has 0 spiro atoms. The lowest BCUT2D eigenvalue weighted by Crippen LogP contribution is -2.10. The Balaban J connectivity index is 2.66. The number of ketones is 1. The van der Waals surface area contributed by atoms with Crippen molar-refractivity contribution in [3.05, 3.63) is 24.2 Å². The van der Waals surface area contributed by atoms with Crippen molar-refractivity contribution in [2.75, 3.05) is 0 Å². The summed E-state index contributed by atoms with van der Waals surface area (Å²) in [4.78, 5) is 25.8. The minimum atomic E-state index is -1.00. The second-order valence-electron chi connectivity index (χ2n) is 3.35. The van der Waals surface area contributed by atoms with Gasteiger partial charge in [-0.1, -0.05) is 0 Å². The zero-order valence-corrected chi connectivity index (χ0v) is 8.54. The van der Waals surface area contributed by atoms with Crippen LogP contribution in [0.25, 0.3) is 10.9 Å². The van der Waals surface area contributed by atoms with E-state index in [1.54, 1.807) is 6.07 Å². The number of aromatic nitrogens is 3. The first-order valence-corrected chi connectivity index (χ1v) is 4.63. The van der Waals surface area contributed by atoms with Gasteiger partial charge in [0, 0.05) is 24.7 Å². The third-order valence-electron chi connectivity index (χ3n) is 2.17. The van der Waals surface area contributed by atoms with E-state index in [4.69, 9.17) is 5.11 Å². The molecule has 0 amide bonds. The fraction of sp³-hybridized carbons (Fsp3) is 0.200. The molecule has 0 atom stereocenters. The molecule has 0 saturated heterocycles. The third-order valence-corrected chi connectivity index (χ3v) is 2.17. The van der Waals surface area contributed by atoms with E-state index in [1.165, 1.54) is 24.0 Å². The molecule has 0 bridgehead atoms. The molecule has 2 aromatic heterocycles. The predicted molar refractivity (Wildman–Crippen MR) is 55.2 cm³/mol. The first-order valence-electron chi connectivity index (χ1n) is 4.63. The number of hydrogen-bond acceptors (Lipinski definition) is 4. The highest BCUT2D eigenvalue weighted by molar-refractivity contribution is 6.04. The van der Waals surface area contributed by atoms with Crippen LogP contribution in [-0.4, -0.2) is 31.6 Å². The molecule has 82 valence electrons. The standard InChI is InChI=1S/C10H9N3O3/c1-6(14)10-7-4-11-3-2-8(7)13(12-10)5-9(15)16/h2-4H,5H2,1H3,(H,15,16). The van der Waals surface area contributed by atoms with Gasteiger partial charge in [0.1, 0.15) is 12.2 Å². The first-order chi connectivity index (χ1) is 7.59. The number of carboxylic acids is 1. The number of Topliss-reactive ketones (excluding diaryl/α,β-unsaturated/α-hetero) is 1. The Morgan fingerprint density at radius 3 is 2.88 bits per heavy atom. The highest BCUT2D eigenvalue weighted by Crippen LogP contribution is 2.17. The zero-order chi connectivity index (χ0) is 11.7. The van der Waals surface area contributed by atoms with Crippen molar-refractivity contribution >= 4 is 22.7 Å². The van der Waals surface area contributed by atoms with E-state index in [-0.39, 0.29) is 18.0 Å². The molecular formula is C10H9N3O3. The molecule has 1 N–H and O–H groups in total. The molecule has 6 heteroatoms. The zero-order valence-electron chi connectivity index (χ0n) is 8.54. The summed E-state index contributed by atoms with van der Waals surface area (Å²) >= 11 is 0. The van der Waals surface area contributed by atoms with E-state index in [2.05, 4.69) is 10.1 Å². The predicted octanol–water partition coefficient (Wildman–Crippen LogP) is 0.719. The van der Waals surface area contributed by atoms with Crippen molar-refractivity contribution in [1.82, 2.24) is 14.8 Å². The normalized spacial score (nSPS) is 10.6. The molecular weight excluding hydrogens is 210 g/mol. The van der Waals surface area contributed by atoms with Crippen LogP contribution in [0.5, 0.6) is 0 Å². The minimum absolute atomic E-state index is 0.206. The average molecular weight is 219 g/mol. The van der Waals surface area contributed by atoms with E-state index in [9.17, 15) is 9.59 Å². The molecule has 0 aliphatic carbocycles. The van der Waals surface area contributed by atoms with Gasteiger partial charge in [0.2, 0.25) is 0 Å². The van der Waals surface area contributed by atoms with E-state index < -0.39 is 5.97 Å². The number of rotatable bonds is 3. The van der Waals surface area contributed by atoms with Gasteiger partial charge in [-0.25, -0.2) is 0 Å². The van der Waals surface area contributed by atoms with Crippen LogP contribution in [0, 0.1) is 0 Å². The molecule has 16 heavy (non-hydrogen) atoms. The number of carbonyl (C=O) groups is 2. The Labute approximate surface area is 90.5 Å². The van der Waals surface area contributed by atoms with Gasteiger partial charge >= 0.3 is 5.97 Å². The lowest BCUT2D eigenvalue weighted by molar-refractivity contribution is -0.137. The molecule has 2 heterocycles. The van der Waals surface area contributed by atoms with Gasteiger partial charge in [0.15, 0.2) is 5.78 Å². The van der Waals surface area contributed by atoms with Crippen molar-refractivity contribution in [3.63, 3.8) is 0 Å². The van der Waals surface area contributed by atoms with Gasteiger partial charge < -0.3 is 5.11 Å². The van der Waals surface area contributed by atoms with E-state index in [1.807, 2.05) is 0 Å². The number of nitrogens with zero attached hydrogens (tertiary/aromatic N) is 3. The molecule has 0 unspecified atom stereocenters. The Bertz CT molecular complexity index is 574. The van der Waals surface area contributed by atoms with Gasteiger partial charge in [-0.05, 0) is 6.07 Å². The second-order valence-corrected chi connectivity index (χ2v) is 3.35. The van der Waals surface area contributed by atoms with Gasteiger partial charge in [-0.3, -0.25) is 19.3 Å². The van der Waals surface area contributed by atoms with Crippen molar-refractivity contribution in [2.24, 2.45) is 0 Å². The van der Waals surface area contributed by atoms with Gasteiger partial charge in [0.25, 0.3) is 0 Å². The SMILES string of the molecule is CC(=O)c1nn(CC(=O)O)c2ccncc12. The Morgan fingerprint density at radius 2 is 2.25 bits per heavy atom. The van der Waals surface area contributed by atoms with Crippen LogP contribution in [-0.2, 0) is 11.3 Å². The summed E-state index contributed by atoms with van der Waals surface area (Å²) in [5.41, 5.74) is 0.854. The molecule has 2 rings (SSSR count). The highest BCUT2D eigenvalue weighted by atomic mass is 16.4. The number of carboxylic acid groups (broad SMARTS) is 1. The van der Waals surface area contributed by atoms with Crippen LogP contribution in [0.2, 0.25) is 0 Å². The summed E-state index contributed by atoms with van der Waals surface area (Å²) in [5.74, 6) is -1.21. The van der Waals surface area contributed by atoms with Crippen LogP contribution in [0.1, 0.15) is 17.4 Å². The Kier molecular flexibility index (Phi) is 2.40. The van der Waals surface area contributed by atoms with Crippen molar-refractivity contribution < 1.29 is 14.7 Å². The fourth-order valence-corrected chi connectivity index (χ4v) is 1.53. The smallest absolute Gasteiger partial charge is 0.325 e. The number of carbonyl (C=O) groups excluding carboxylic acids is 1. The summed E-state index contributed by atoms with van der Waals surface area (Å²) in [5, 5.41) is 13.3. The number of fused-ring (bicyclic) bond motifs is 1. The molecule has 0 fully saturated rings. The lowest BCUT2D eigenvalue weighted by Gasteiger charge is -1.97. The average Bonchev–Trinajstić information content (AvgIpc) is 2.57. The highest BCUT2D eigenvalue weighted by Gasteiger charge is 2.15. The maximum Gasteiger partial charge on any atom is 0.325 e. The van der Waals surface area contributed by atoms with Crippen LogP contribution in [0.3, 0.4) is 0 Å². The van der Waals surface area contributed by atoms with E-state index >= 15 is 0 Å². The Morgan fingerprint density at radius 1 is 1.50 bits per heavy atom. The topological polar surface area (TPSA) is 85.1 Å². The Hall–Kier alpha value is -2.24. The van der Waals surface area contributed by atoms with Gasteiger partial charge in [-0.2, -0.15) is 5.10 Å². The lowest BCUT2D eigenvalue weighted by atomic mass is 10.2. The van der Waals surface area contributed by atoms with Crippen molar-refractivity contribution in [1.29, 1.82) is 0 Å². The van der Waals surface area contributed by atoms with Crippen molar-refractivity contribution in [2.45, 2.75) is 13.5 Å². The maximum absolute atomic E-state index is 11.3. The molecule has 0 aliphatic rings. The molecule has 0 radical (unpaired) electrons.